The van der Waals surface area contributed by atoms with Crippen molar-refractivity contribution >= 4 is 27.6 Å². The molecule has 4 heteroatoms. The Kier molecular flexibility index (Phi) is 4.68. The maximum Gasteiger partial charge on any atom is 0.338 e. The van der Waals surface area contributed by atoms with Crippen LogP contribution in [0.25, 0.3) is 0 Å². The maximum absolute atomic E-state index is 12.2. The van der Waals surface area contributed by atoms with Gasteiger partial charge in [0, 0.05) is 10.2 Å². The van der Waals surface area contributed by atoms with E-state index in [0.717, 1.165) is 26.7 Å². The smallest absolute Gasteiger partial charge is 0.338 e. The summed E-state index contributed by atoms with van der Waals surface area (Å²) in [7, 11) is 0. The van der Waals surface area contributed by atoms with Crippen molar-refractivity contribution in [2.75, 3.05) is 5.73 Å². The number of hydrogen-bond acceptors (Lipinski definition) is 3. The molecule has 0 saturated heterocycles. The van der Waals surface area contributed by atoms with Crippen molar-refractivity contribution in [1.82, 2.24) is 0 Å². The van der Waals surface area contributed by atoms with Crippen molar-refractivity contribution in [3.05, 3.63) is 62.6 Å². The quantitative estimate of drug-likeness (QED) is 0.664. The van der Waals surface area contributed by atoms with Gasteiger partial charge in [-0.05, 0) is 44.0 Å². The van der Waals surface area contributed by atoms with E-state index in [1.165, 1.54) is 0 Å². The van der Waals surface area contributed by atoms with Crippen LogP contribution in [0.2, 0.25) is 0 Å². The summed E-state index contributed by atoms with van der Waals surface area (Å²) in [6, 6.07) is 9.63. The van der Waals surface area contributed by atoms with Gasteiger partial charge in [0.15, 0.2) is 0 Å². The van der Waals surface area contributed by atoms with Crippen molar-refractivity contribution in [2.45, 2.75) is 27.4 Å². The standard InChI is InChI=1S/C17H18BrNO2/c1-10-4-11(2)6-13(5-10)9-21-17(20)15-7-14(18)8-16(19)12(15)3/h4-8H,9,19H2,1-3H3. The van der Waals surface area contributed by atoms with Crippen molar-refractivity contribution in [1.29, 1.82) is 0 Å². The Balaban J connectivity index is 2.15. The second-order valence-corrected chi connectivity index (χ2v) is 6.16. The summed E-state index contributed by atoms with van der Waals surface area (Å²) < 4.78 is 6.17. The van der Waals surface area contributed by atoms with Crippen LogP contribution in [0.5, 0.6) is 0 Å². The van der Waals surface area contributed by atoms with E-state index in [9.17, 15) is 4.79 Å². The van der Waals surface area contributed by atoms with Gasteiger partial charge in [-0.25, -0.2) is 4.79 Å². The summed E-state index contributed by atoms with van der Waals surface area (Å²) in [5, 5.41) is 0. The van der Waals surface area contributed by atoms with E-state index in [0.29, 0.717) is 11.3 Å². The van der Waals surface area contributed by atoms with Crippen LogP contribution in [0, 0.1) is 20.8 Å². The number of rotatable bonds is 3. The predicted octanol–water partition coefficient (Wildman–Crippen LogP) is 4.31. The molecule has 0 heterocycles. The molecule has 0 bridgehead atoms. The van der Waals surface area contributed by atoms with Gasteiger partial charge in [0.2, 0.25) is 0 Å². The van der Waals surface area contributed by atoms with Gasteiger partial charge in [-0.2, -0.15) is 0 Å². The molecule has 0 spiro atoms. The lowest BCUT2D eigenvalue weighted by molar-refractivity contribution is 0.0471. The first-order valence-electron chi connectivity index (χ1n) is 6.66. The molecule has 0 aromatic heterocycles. The SMILES string of the molecule is Cc1cc(C)cc(COC(=O)c2cc(Br)cc(N)c2C)c1. The number of nitrogen functional groups attached to an aromatic ring is 1. The van der Waals surface area contributed by atoms with Gasteiger partial charge in [0.1, 0.15) is 6.61 Å². The third kappa shape index (κ3) is 3.85. The molecule has 0 radical (unpaired) electrons. The Bertz CT molecular complexity index is 675. The highest BCUT2D eigenvalue weighted by molar-refractivity contribution is 9.10. The van der Waals surface area contributed by atoms with Gasteiger partial charge >= 0.3 is 5.97 Å². The zero-order chi connectivity index (χ0) is 15.6. The van der Waals surface area contributed by atoms with E-state index >= 15 is 0 Å². The molecule has 110 valence electrons. The molecule has 0 atom stereocenters. The number of esters is 1. The average Bonchev–Trinajstić information content (AvgIpc) is 2.39. The Labute approximate surface area is 133 Å². The number of aryl methyl sites for hydroxylation is 2. The largest absolute Gasteiger partial charge is 0.457 e. The minimum absolute atomic E-state index is 0.257. The lowest BCUT2D eigenvalue weighted by atomic mass is 10.1. The minimum atomic E-state index is -0.361. The summed E-state index contributed by atoms with van der Waals surface area (Å²) in [6.07, 6.45) is 0. The molecule has 3 nitrogen and oxygen atoms in total. The molecule has 2 aromatic carbocycles. The van der Waals surface area contributed by atoms with Gasteiger partial charge in [-0.3, -0.25) is 0 Å². The van der Waals surface area contributed by atoms with Gasteiger partial charge in [-0.15, -0.1) is 0 Å². The average molecular weight is 348 g/mol. The van der Waals surface area contributed by atoms with Crippen LogP contribution >= 0.6 is 15.9 Å². The monoisotopic (exact) mass is 347 g/mol. The molecule has 2 aromatic rings. The fourth-order valence-corrected chi connectivity index (χ4v) is 2.77. The van der Waals surface area contributed by atoms with Gasteiger partial charge in [0.05, 0.1) is 5.56 Å². The molecule has 0 aliphatic rings. The van der Waals surface area contributed by atoms with E-state index < -0.39 is 0 Å². The summed E-state index contributed by atoms with van der Waals surface area (Å²) >= 11 is 3.34. The van der Waals surface area contributed by atoms with Crippen LogP contribution in [0.4, 0.5) is 5.69 Å². The molecule has 0 aliphatic carbocycles. The molecule has 0 amide bonds. The third-order valence-electron chi connectivity index (χ3n) is 3.28. The summed E-state index contributed by atoms with van der Waals surface area (Å²) in [5.41, 5.74) is 11.0. The summed E-state index contributed by atoms with van der Waals surface area (Å²) in [4.78, 5) is 12.2. The topological polar surface area (TPSA) is 52.3 Å². The van der Waals surface area contributed by atoms with E-state index in [1.54, 1.807) is 12.1 Å². The fraction of sp³-hybridized carbons (Fsp3) is 0.235. The van der Waals surface area contributed by atoms with Gasteiger partial charge in [0.25, 0.3) is 0 Å². The molecule has 2 rings (SSSR count). The van der Waals surface area contributed by atoms with E-state index in [1.807, 2.05) is 32.9 Å². The molecule has 0 fully saturated rings. The second-order valence-electron chi connectivity index (χ2n) is 5.24. The van der Waals surface area contributed by atoms with Crippen LogP contribution < -0.4 is 5.73 Å². The molecular weight excluding hydrogens is 330 g/mol. The van der Waals surface area contributed by atoms with Gasteiger partial charge in [-0.1, -0.05) is 45.3 Å². The third-order valence-corrected chi connectivity index (χ3v) is 3.74. The van der Waals surface area contributed by atoms with E-state index in [2.05, 4.69) is 22.0 Å². The Morgan fingerprint density at radius 3 is 2.33 bits per heavy atom. The molecule has 0 unspecified atom stereocenters. The number of nitrogens with two attached hydrogens (primary N) is 1. The highest BCUT2D eigenvalue weighted by Gasteiger charge is 2.14. The van der Waals surface area contributed by atoms with Crippen LogP contribution in [-0.4, -0.2) is 5.97 Å². The van der Waals surface area contributed by atoms with Gasteiger partial charge < -0.3 is 10.5 Å². The van der Waals surface area contributed by atoms with Crippen molar-refractivity contribution in [3.63, 3.8) is 0 Å². The van der Waals surface area contributed by atoms with Crippen LogP contribution in [-0.2, 0) is 11.3 Å². The number of benzene rings is 2. The highest BCUT2D eigenvalue weighted by atomic mass is 79.9. The first-order chi connectivity index (χ1) is 9.86. The molecule has 2 N–H and O–H groups in total. The minimum Gasteiger partial charge on any atom is -0.457 e. The van der Waals surface area contributed by atoms with E-state index in [4.69, 9.17) is 10.5 Å². The second kappa shape index (κ2) is 6.31. The number of halogens is 1. The Morgan fingerprint density at radius 1 is 1.10 bits per heavy atom. The number of carbonyl (C=O) groups excluding carboxylic acids is 1. The van der Waals surface area contributed by atoms with Crippen LogP contribution in [0.15, 0.2) is 34.8 Å². The first kappa shape index (κ1) is 15.6. The fourth-order valence-electron chi connectivity index (χ4n) is 2.29. The summed E-state index contributed by atoms with van der Waals surface area (Å²) in [5.74, 6) is -0.361. The zero-order valence-electron chi connectivity index (χ0n) is 12.4. The lowest BCUT2D eigenvalue weighted by Crippen LogP contribution is -2.09. The summed E-state index contributed by atoms with van der Waals surface area (Å²) in [6.45, 7) is 6.12. The van der Waals surface area contributed by atoms with Crippen LogP contribution in [0.3, 0.4) is 0 Å². The Morgan fingerprint density at radius 2 is 1.71 bits per heavy atom. The van der Waals surface area contributed by atoms with Crippen molar-refractivity contribution in [3.8, 4) is 0 Å². The lowest BCUT2D eigenvalue weighted by Gasteiger charge is -2.10. The number of anilines is 1. The first-order valence-corrected chi connectivity index (χ1v) is 7.46. The zero-order valence-corrected chi connectivity index (χ0v) is 14.0. The maximum atomic E-state index is 12.2. The molecule has 0 saturated carbocycles. The predicted molar refractivity (Wildman–Crippen MR) is 88.3 cm³/mol. The van der Waals surface area contributed by atoms with Crippen molar-refractivity contribution in [2.24, 2.45) is 0 Å². The number of carbonyl (C=O) groups is 1. The molecular formula is C17H18BrNO2. The van der Waals surface area contributed by atoms with E-state index in [-0.39, 0.29) is 12.6 Å². The number of ether oxygens (including phenoxy) is 1. The molecule has 21 heavy (non-hydrogen) atoms. The van der Waals surface area contributed by atoms with Crippen LogP contribution in [0.1, 0.15) is 32.6 Å². The molecule has 0 aliphatic heterocycles. The normalized spacial score (nSPS) is 10.5. The Hall–Kier alpha value is -1.81. The van der Waals surface area contributed by atoms with Crippen molar-refractivity contribution < 1.29 is 9.53 Å². The highest BCUT2D eigenvalue weighted by Crippen LogP contribution is 2.23. The number of hydrogen-bond donors (Lipinski definition) is 1.